The summed E-state index contributed by atoms with van der Waals surface area (Å²) in [4.78, 5) is 12.3. The number of ether oxygens (including phenoxy) is 2. The topological polar surface area (TPSA) is 79.8 Å². The number of hydrogen-bond acceptors (Lipinski definition) is 5. The van der Waals surface area contributed by atoms with Gasteiger partial charge in [0.1, 0.15) is 6.61 Å². The van der Waals surface area contributed by atoms with Crippen LogP contribution in [0.1, 0.15) is 58.4 Å². The van der Waals surface area contributed by atoms with E-state index in [-0.39, 0.29) is 6.61 Å². The SMILES string of the molecule is CC(C)(C)OC(O)NCC1(NC(=O)OCc2ccccc2)CCCCC1. The van der Waals surface area contributed by atoms with Crippen LogP contribution in [-0.4, -0.2) is 35.3 Å². The molecule has 0 saturated heterocycles. The number of carbonyl (C=O) groups excluding carboxylic acids is 1. The summed E-state index contributed by atoms with van der Waals surface area (Å²) in [6, 6.07) is 9.60. The summed E-state index contributed by atoms with van der Waals surface area (Å²) < 4.78 is 10.9. The lowest BCUT2D eigenvalue weighted by Crippen LogP contribution is -2.57. The first-order chi connectivity index (χ1) is 12.3. The molecule has 0 aliphatic heterocycles. The van der Waals surface area contributed by atoms with E-state index < -0.39 is 23.6 Å². The van der Waals surface area contributed by atoms with Crippen molar-refractivity contribution in [2.24, 2.45) is 0 Å². The van der Waals surface area contributed by atoms with Gasteiger partial charge in [-0.2, -0.15) is 0 Å². The summed E-state index contributed by atoms with van der Waals surface area (Å²) in [5.74, 6) is 0. The van der Waals surface area contributed by atoms with E-state index >= 15 is 0 Å². The van der Waals surface area contributed by atoms with Crippen molar-refractivity contribution in [1.29, 1.82) is 0 Å². The minimum Gasteiger partial charge on any atom is -0.445 e. The van der Waals surface area contributed by atoms with Gasteiger partial charge in [-0.1, -0.05) is 49.6 Å². The van der Waals surface area contributed by atoms with Crippen LogP contribution in [0.5, 0.6) is 0 Å². The average Bonchev–Trinajstić information content (AvgIpc) is 2.59. The standard InChI is InChI=1S/C20H32N2O4/c1-19(2,3)26-17(23)21-15-20(12-8-5-9-13-20)22-18(24)25-14-16-10-6-4-7-11-16/h4,6-7,10-11,17,21,23H,5,8-9,12-15H2,1-3H3,(H,22,24). The number of alkyl carbamates (subject to hydrolysis) is 1. The molecule has 0 bridgehead atoms. The van der Waals surface area contributed by atoms with Crippen LogP contribution in [-0.2, 0) is 16.1 Å². The second-order valence-corrected chi connectivity index (χ2v) is 7.99. The molecule has 1 aliphatic rings. The molecular formula is C20H32N2O4. The fraction of sp³-hybridized carbons (Fsp3) is 0.650. The molecule has 6 heteroatoms. The zero-order valence-electron chi connectivity index (χ0n) is 16.1. The predicted octanol–water partition coefficient (Wildman–Crippen LogP) is 3.30. The summed E-state index contributed by atoms with van der Waals surface area (Å²) >= 11 is 0. The van der Waals surface area contributed by atoms with Gasteiger partial charge in [0, 0.05) is 6.54 Å². The van der Waals surface area contributed by atoms with E-state index in [0.717, 1.165) is 37.7 Å². The maximum atomic E-state index is 12.3. The minimum absolute atomic E-state index is 0.242. The Morgan fingerprint density at radius 2 is 1.85 bits per heavy atom. The highest BCUT2D eigenvalue weighted by Gasteiger charge is 2.35. The van der Waals surface area contributed by atoms with Crippen LogP contribution in [0, 0.1) is 0 Å². The average molecular weight is 364 g/mol. The second kappa shape index (κ2) is 9.35. The smallest absolute Gasteiger partial charge is 0.407 e. The molecule has 2 rings (SSSR count). The Kier molecular flexibility index (Phi) is 7.43. The van der Waals surface area contributed by atoms with Gasteiger partial charge in [-0.25, -0.2) is 4.79 Å². The number of benzene rings is 1. The summed E-state index contributed by atoms with van der Waals surface area (Å²) in [6.45, 7) is 6.32. The Bertz CT molecular complexity index is 551. The highest BCUT2D eigenvalue weighted by atomic mass is 16.6. The molecular weight excluding hydrogens is 332 g/mol. The Morgan fingerprint density at radius 3 is 2.46 bits per heavy atom. The van der Waals surface area contributed by atoms with Crippen molar-refractivity contribution in [2.75, 3.05) is 6.54 Å². The van der Waals surface area contributed by atoms with Gasteiger partial charge < -0.3 is 19.9 Å². The largest absolute Gasteiger partial charge is 0.445 e. The van der Waals surface area contributed by atoms with Crippen molar-refractivity contribution in [1.82, 2.24) is 10.6 Å². The van der Waals surface area contributed by atoms with Crippen LogP contribution in [0.2, 0.25) is 0 Å². The molecule has 1 saturated carbocycles. The van der Waals surface area contributed by atoms with E-state index in [1.165, 1.54) is 0 Å². The van der Waals surface area contributed by atoms with Crippen LogP contribution < -0.4 is 10.6 Å². The molecule has 26 heavy (non-hydrogen) atoms. The fourth-order valence-corrected chi connectivity index (χ4v) is 3.21. The lowest BCUT2D eigenvalue weighted by atomic mass is 9.81. The molecule has 3 N–H and O–H groups in total. The summed E-state index contributed by atoms with van der Waals surface area (Å²) in [7, 11) is 0. The van der Waals surface area contributed by atoms with Crippen molar-refractivity contribution < 1.29 is 19.4 Å². The molecule has 1 atom stereocenters. The van der Waals surface area contributed by atoms with Crippen molar-refractivity contribution in [2.45, 2.75) is 77.0 Å². The van der Waals surface area contributed by atoms with Crippen LogP contribution in [0.3, 0.4) is 0 Å². The Hall–Kier alpha value is -1.63. The van der Waals surface area contributed by atoms with E-state index in [4.69, 9.17) is 9.47 Å². The molecule has 1 amide bonds. The molecule has 1 unspecified atom stereocenters. The predicted molar refractivity (Wildman–Crippen MR) is 100 cm³/mol. The first-order valence-electron chi connectivity index (χ1n) is 9.36. The number of hydrogen-bond donors (Lipinski definition) is 3. The molecule has 0 spiro atoms. The quantitative estimate of drug-likeness (QED) is 0.647. The molecule has 1 aromatic rings. The number of aliphatic hydroxyl groups excluding tert-OH is 1. The molecule has 1 aliphatic carbocycles. The second-order valence-electron chi connectivity index (χ2n) is 7.99. The van der Waals surface area contributed by atoms with E-state index in [9.17, 15) is 9.90 Å². The molecule has 6 nitrogen and oxygen atoms in total. The van der Waals surface area contributed by atoms with Gasteiger partial charge in [-0.05, 0) is 39.2 Å². The molecule has 1 fully saturated rings. The molecule has 1 aromatic carbocycles. The van der Waals surface area contributed by atoms with E-state index in [0.29, 0.717) is 6.54 Å². The van der Waals surface area contributed by atoms with Gasteiger partial charge in [0.25, 0.3) is 0 Å². The van der Waals surface area contributed by atoms with Gasteiger partial charge in [0.15, 0.2) is 0 Å². The Labute approximate surface area is 156 Å². The third-order valence-electron chi connectivity index (χ3n) is 4.47. The zero-order chi connectivity index (χ0) is 19.0. The van der Waals surface area contributed by atoms with Gasteiger partial charge in [0.05, 0.1) is 11.1 Å². The number of carbonyl (C=O) groups is 1. The zero-order valence-corrected chi connectivity index (χ0v) is 16.1. The van der Waals surface area contributed by atoms with Crippen molar-refractivity contribution in [3.05, 3.63) is 35.9 Å². The maximum absolute atomic E-state index is 12.3. The number of aliphatic hydroxyl groups is 1. The van der Waals surface area contributed by atoms with Gasteiger partial charge in [-0.15, -0.1) is 0 Å². The third-order valence-corrected chi connectivity index (χ3v) is 4.47. The van der Waals surface area contributed by atoms with Gasteiger partial charge in [-0.3, -0.25) is 5.32 Å². The summed E-state index contributed by atoms with van der Waals surface area (Å²) in [5, 5.41) is 16.1. The maximum Gasteiger partial charge on any atom is 0.407 e. The minimum atomic E-state index is -1.07. The lowest BCUT2D eigenvalue weighted by Gasteiger charge is -2.39. The van der Waals surface area contributed by atoms with E-state index in [2.05, 4.69) is 10.6 Å². The highest BCUT2D eigenvalue weighted by molar-refractivity contribution is 5.68. The van der Waals surface area contributed by atoms with Crippen molar-refractivity contribution in [3.63, 3.8) is 0 Å². The summed E-state index contributed by atoms with van der Waals surface area (Å²) in [6.07, 6.45) is 3.43. The summed E-state index contributed by atoms with van der Waals surface area (Å²) in [5.41, 5.74) is 0.0788. The van der Waals surface area contributed by atoms with Crippen molar-refractivity contribution in [3.8, 4) is 0 Å². The molecule has 0 heterocycles. The lowest BCUT2D eigenvalue weighted by molar-refractivity contribution is -0.183. The molecule has 0 radical (unpaired) electrons. The Balaban J connectivity index is 1.87. The third kappa shape index (κ3) is 7.32. The first kappa shape index (κ1) is 20.7. The molecule has 0 aromatic heterocycles. The Morgan fingerprint density at radius 1 is 1.19 bits per heavy atom. The highest BCUT2D eigenvalue weighted by Crippen LogP contribution is 2.28. The van der Waals surface area contributed by atoms with Crippen LogP contribution in [0.25, 0.3) is 0 Å². The monoisotopic (exact) mass is 364 g/mol. The van der Waals surface area contributed by atoms with E-state index in [1.54, 1.807) is 0 Å². The number of amides is 1. The number of rotatable bonds is 7. The van der Waals surface area contributed by atoms with Crippen LogP contribution in [0.15, 0.2) is 30.3 Å². The van der Waals surface area contributed by atoms with Gasteiger partial charge in [0.2, 0.25) is 6.41 Å². The number of nitrogens with one attached hydrogen (secondary N) is 2. The van der Waals surface area contributed by atoms with Crippen LogP contribution >= 0.6 is 0 Å². The molecule has 146 valence electrons. The normalized spacial score (nSPS) is 18.2. The van der Waals surface area contributed by atoms with E-state index in [1.807, 2.05) is 51.1 Å². The van der Waals surface area contributed by atoms with Crippen LogP contribution in [0.4, 0.5) is 4.79 Å². The van der Waals surface area contributed by atoms with Gasteiger partial charge >= 0.3 is 6.09 Å². The fourth-order valence-electron chi connectivity index (χ4n) is 3.21. The van der Waals surface area contributed by atoms with Crippen molar-refractivity contribution >= 4 is 6.09 Å². The first-order valence-corrected chi connectivity index (χ1v) is 9.36.